The minimum absolute atomic E-state index is 0.0861. The van der Waals surface area contributed by atoms with Crippen molar-refractivity contribution in [3.63, 3.8) is 0 Å². The molecule has 0 aliphatic heterocycles. The second kappa shape index (κ2) is 6.33. The second-order valence-corrected chi connectivity index (χ2v) is 6.81. The van der Waals surface area contributed by atoms with Gasteiger partial charge < -0.3 is 0 Å². The van der Waals surface area contributed by atoms with E-state index in [1.807, 2.05) is 6.07 Å². The molecule has 0 aliphatic carbocycles. The van der Waals surface area contributed by atoms with Crippen molar-refractivity contribution < 1.29 is 13.2 Å². The van der Waals surface area contributed by atoms with Crippen molar-refractivity contribution >= 4 is 38.5 Å². The number of nitrogens with one attached hydrogen (secondary N) is 2. The summed E-state index contributed by atoms with van der Waals surface area (Å²) in [6.45, 7) is 0. The van der Waals surface area contributed by atoms with Gasteiger partial charge in [0.15, 0.2) is 0 Å². The highest BCUT2D eigenvalue weighted by atomic mass is 127. The zero-order chi connectivity index (χ0) is 14.6. The van der Waals surface area contributed by atoms with Crippen LogP contribution in [-0.4, -0.2) is 14.3 Å². The second-order valence-electron chi connectivity index (χ2n) is 3.88. The lowest BCUT2D eigenvalue weighted by molar-refractivity contribution is 0.0945. The number of hydrogen-bond acceptors (Lipinski definition) is 3. The fourth-order valence-corrected chi connectivity index (χ4v) is 2.88. The lowest BCUT2D eigenvalue weighted by atomic mass is 10.2. The van der Waals surface area contributed by atoms with Gasteiger partial charge in [-0.1, -0.05) is 24.3 Å². The average molecular weight is 402 g/mol. The van der Waals surface area contributed by atoms with Gasteiger partial charge in [0.2, 0.25) is 0 Å². The monoisotopic (exact) mass is 402 g/mol. The highest BCUT2D eigenvalue weighted by Gasteiger charge is 2.15. The van der Waals surface area contributed by atoms with Gasteiger partial charge in [0.1, 0.15) is 0 Å². The van der Waals surface area contributed by atoms with E-state index in [-0.39, 0.29) is 4.90 Å². The van der Waals surface area contributed by atoms with Crippen LogP contribution in [0, 0.1) is 3.57 Å². The molecule has 0 aromatic heterocycles. The lowest BCUT2D eigenvalue weighted by Gasteiger charge is -2.08. The fraction of sp³-hybridized carbons (Fsp3) is 0. The molecule has 2 aromatic rings. The number of rotatable bonds is 4. The van der Waals surface area contributed by atoms with Crippen LogP contribution in [0.25, 0.3) is 0 Å². The Morgan fingerprint density at radius 1 is 1.00 bits per heavy atom. The summed E-state index contributed by atoms with van der Waals surface area (Å²) in [6.07, 6.45) is 0. The van der Waals surface area contributed by atoms with Crippen LogP contribution in [0.3, 0.4) is 0 Å². The van der Waals surface area contributed by atoms with Crippen LogP contribution in [0.15, 0.2) is 59.5 Å². The minimum atomic E-state index is -3.76. The highest BCUT2D eigenvalue weighted by molar-refractivity contribution is 14.1. The van der Waals surface area contributed by atoms with Gasteiger partial charge >= 0.3 is 0 Å². The Hall–Kier alpha value is -1.45. The molecular formula is C13H11IN2O3S. The fourth-order valence-electron chi connectivity index (χ4n) is 1.47. The maximum absolute atomic E-state index is 11.9. The largest absolute Gasteiger partial charge is 0.273 e. The van der Waals surface area contributed by atoms with E-state index in [0.717, 1.165) is 3.57 Å². The molecule has 0 atom stereocenters. The molecule has 0 heterocycles. The van der Waals surface area contributed by atoms with Gasteiger partial charge in [0.05, 0.1) is 4.90 Å². The molecule has 0 aliphatic rings. The van der Waals surface area contributed by atoms with E-state index in [4.69, 9.17) is 0 Å². The van der Waals surface area contributed by atoms with E-state index in [2.05, 4.69) is 32.8 Å². The van der Waals surface area contributed by atoms with Gasteiger partial charge in [0.25, 0.3) is 15.9 Å². The zero-order valence-electron chi connectivity index (χ0n) is 10.2. The van der Waals surface area contributed by atoms with Crippen molar-refractivity contribution in [3.8, 4) is 0 Å². The van der Waals surface area contributed by atoms with E-state index < -0.39 is 15.9 Å². The summed E-state index contributed by atoms with van der Waals surface area (Å²) in [4.78, 5) is 14.0. The van der Waals surface area contributed by atoms with Crippen LogP contribution in [0.5, 0.6) is 0 Å². The number of halogens is 1. The predicted octanol–water partition coefficient (Wildman–Crippen LogP) is 1.91. The van der Waals surface area contributed by atoms with E-state index in [0.29, 0.717) is 5.56 Å². The number of benzene rings is 2. The molecule has 2 aromatic carbocycles. The molecule has 0 fully saturated rings. The SMILES string of the molecule is O=C(NNS(=O)(=O)c1ccccc1)c1cccc(I)c1. The first kappa shape index (κ1) is 14.9. The number of amides is 1. The first-order valence-corrected chi connectivity index (χ1v) is 8.18. The molecule has 0 saturated carbocycles. The molecule has 104 valence electrons. The predicted molar refractivity (Wildman–Crippen MR) is 83.4 cm³/mol. The van der Waals surface area contributed by atoms with Gasteiger partial charge in [-0.05, 0) is 52.9 Å². The number of carbonyl (C=O) groups excluding carboxylic acids is 1. The van der Waals surface area contributed by atoms with Crippen LogP contribution < -0.4 is 10.3 Å². The van der Waals surface area contributed by atoms with Crippen molar-refractivity contribution in [3.05, 3.63) is 63.7 Å². The van der Waals surface area contributed by atoms with Gasteiger partial charge in [-0.25, -0.2) is 8.42 Å². The maximum atomic E-state index is 11.9. The molecule has 0 unspecified atom stereocenters. The number of hydrazine groups is 1. The average Bonchev–Trinajstić information content (AvgIpc) is 2.46. The van der Waals surface area contributed by atoms with E-state index in [1.54, 1.807) is 36.4 Å². The summed E-state index contributed by atoms with van der Waals surface area (Å²) < 4.78 is 24.7. The summed E-state index contributed by atoms with van der Waals surface area (Å²) in [7, 11) is -3.76. The maximum Gasteiger partial charge on any atom is 0.266 e. The molecule has 7 heteroatoms. The summed E-state index contributed by atoms with van der Waals surface area (Å²) in [6, 6.07) is 14.6. The van der Waals surface area contributed by atoms with Gasteiger partial charge in [-0.2, -0.15) is 0 Å². The molecule has 0 saturated heterocycles. The first-order valence-electron chi connectivity index (χ1n) is 5.62. The highest BCUT2D eigenvalue weighted by Crippen LogP contribution is 2.08. The Labute approximate surface area is 130 Å². The van der Waals surface area contributed by atoms with Crippen molar-refractivity contribution in [2.24, 2.45) is 0 Å². The summed E-state index contributed by atoms with van der Waals surface area (Å²) >= 11 is 2.07. The topological polar surface area (TPSA) is 75.3 Å². The van der Waals surface area contributed by atoms with Crippen LogP contribution in [0.4, 0.5) is 0 Å². The van der Waals surface area contributed by atoms with Crippen LogP contribution in [-0.2, 0) is 10.0 Å². The van der Waals surface area contributed by atoms with Gasteiger partial charge in [-0.15, -0.1) is 4.83 Å². The molecule has 2 rings (SSSR count). The van der Waals surface area contributed by atoms with Crippen LogP contribution >= 0.6 is 22.6 Å². The van der Waals surface area contributed by atoms with Crippen LogP contribution in [0.1, 0.15) is 10.4 Å². The van der Waals surface area contributed by atoms with Gasteiger partial charge in [0, 0.05) is 9.13 Å². The summed E-state index contributed by atoms with van der Waals surface area (Å²) in [5.41, 5.74) is 2.57. The number of carbonyl (C=O) groups is 1. The quantitative estimate of drug-likeness (QED) is 0.606. The summed E-state index contributed by atoms with van der Waals surface area (Å²) in [5, 5.41) is 0. The molecule has 1 amide bonds. The Morgan fingerprint density at radius 3 is 2.35 bits per heavy atom. The van der Waals surface area contributed by atoms with Crippen LogP contribution in [0.2, 0.25) is 0 Å². The molecule has 0 bridgehead atoms. The standard InChI is InChI=1S/C13H11IN2O3S/c14-11-6-4-5-10(9-11)13(17)15-16-20(18,19)12-7-2-1-3-8-12/h1-9,16H,(H,15,17). The number of sulfonamides is 1. The first-order chi connectivity index (χ1) is 9.49. The minimum Gasteiger partial charge on any atom is -0.273 e. The van der Waals surface area contributed by atoms with E-state index in [1.165, 1.54) is 12.1 Å². The van der Waals surface area contributed by atoms with E-state index >= 15 is 0 Å². The lowest BCUT2D eigenvalue weighted by Crippen LogP contribution is -2.41. The van der Waals surface area contributed by atoms with Crippen molar-refractivity contribution in [2.45, 2.75) is 4.90 Å². The third-order valence-corrected chi connectivity index (χ3v) is 4.37. The summed E-state index contributed by atoms with van der Waals surface area (Å²) in [5.74, 6) is -0.511. The third-order valence-electron chi connectivity index (χ3n) is 2.44. The molecule has 0 radical (unpaired) electrons. The Bertz CT molecular complexity index is 717. The van der Waals surface area contributed by atoms with Crippen molar-refractivity contribution in [2.75, 3.05) is 0 Å². The third kappa shape index (κ3) is 3.78. The normalized spacial score (nSPS) is 11.1. The Balaban J connectivity index is 2.07. The van der Waals surface area contributed by atoms with Gasteiger partial charge in [-0.3, -0.25) is 10.2 Å². The van der Waals surface area contributed by atoms with Crippen molar-refractivity contribution in [1.29, 1.82) is 0 Å². The molecule has 5 nitrogen and oxygen atoms in total. The Kier molecular flexibility index (Phi) is 4.73. The molecule has 2 N–H and O–H groups in total. The molecule has 0 spiro atoms. The Morgan fingerprint density at radius 2 is 1.70 bits per heavy atom. The zero-order valence-corrected chi connectivity index (χ0v) is 13.2. The molecular weight excluding hydrogens is 391 g/mol. The smallest absolute Gasteiger partial charge is 0.266 e. The van der Waals surface area contributed by atoms with Crippen molar-refractivity contribution in [1.82, 2.24) is 10.3 Å². The number of hydrogen-bond donors (Lipinski definition) is 2. The molecule has 20 heavy (non-hydrogen) atoms. The van der Waals surface area contributed by atoms with E-state index in [9.17, 15) is 13.2 Å².